The van der Waals surface area contributed by atoms with Crippen LogP contribution in [0, 0.1) is 10.1 Å². The number of aromatic nitrogens is 2. The lowest BCUT2D eigenvalue weighted by Crippen LogP contribution is -2.24. The van der Waals surface area contributed by atoms with Crippen molar-refractivity contribution >= 4 is 28.9 Å². The summed E-state index contributed by atoms with van der Waals surface area (Å²) in [4.78, 5) is 41.4. The topological polar surface area (TPSA) is 120 Å². The Morgan fingerprint density at radius 1 is 1.23 bits per heavy atom. The van der Waals surface area contributed by atoms with Crippen LogP contribution in [0.4, 0.5) is 17.1 Å². The van der Waals surface area contributed by atoms with E-state index in [1.807, 2.05) is 0 Å². The molecule has 0 aliphatic carbocycles. The van der Waals surface area contributed by atoms with Crippen molar-refractivity contribution in [2.75, 3.05) is 23.9 Å². The molecular weight excluding hydrogens is 402 g/mol. The monoisotopic (exact) mass is 421 g/mol. The average Bonchev–Trinajstić information content (AvgIpc) is 3.45. The van der Waals surface area contributed by atoms with Gasteiger partial charge in [0.2, 0.25) is 5.91 Å². The third kappa shape index (κ3) is 3.95. The second-order valence-corrected chi connectivity index (χ2v) is 6.92. The lowest BCUT2D eigenvalue weighted by molar-refractivity contribution is -0.384. The number of benzene rings is 2. The Morgan fingerprint density at radius 2 is 2.06 bits per heavy atom. The molecule has 1 fully saturated rings. The molecule has 1 saturated heterocycles. The highest BCUT2D eigenvalue weighted by atomic mass is 16.6. The van der Waals surface area contributed by atoms with Crippen LogP contribution in [-0.4, -0.2) is 39.9 Å². The highest BCUT2D eigenvalue weighted by Gasteiger charge is 2.25. The molecule has 1 N–H and O–H groups in total. The van der Waals surface area contributed by atoms with Crippen LogP contribution in [0.15, 0.2) is 55.1 Å². The van der Waals surface area contributed by atoms with Crippen molar-refractivity contribution in [1.82, 2.24) is 9.55 Å². The van der Waals surface area contributed by atoms with Crippen molar-refractivity contribution in [2.45, 2.75) is 12.8 Å². The van der Waals surface area contributed by atoms with Gasteiger partial charge in [-0.05, 0) is 36.8 Å². The summed E-state index contributed by atoms with van der Waals surface area (Å²) in [6, 6.07) is 9.20. The minimum absolute atomic E-state index is 0.00695. The number of nitro benzene ring substituents is 1. The van der Waals surface area contributed by atoms with Crippen LogP contribution in [0.5, 0.6) is 5.75 Å². The standard InChI is InChI=1S/C21H19N5O5/c1-31-19-7-5-15(12-18(19)25-9-2-3-20(25)27)23-21(28)14-4-6-16(17(11-14)26(29)30)24-10-8-22-13-24/h4-8,10-13H,2-3,9H2,1H3,(H,23,28). The van der Waals surface area contributed by atoms with Gasteiger partial charge < -0.3 is 19.5 Å². The van der Waals surface area contributed by atoms with E-state index in [0.717, 1.165) is 6.42 Å². The van der Waals surface area contributed by atoms with Gasteiger partial charge >= 0.3 is 0 Å². The summed E-state index contributed by atoms with van der Waals surface area (Å²) in [6.07, 6.45) is 5.76. The van der Waals surface area contributed by atoms with Crippen LogP contribution < -0.4 is 15.0 Å². The molecule has 0 bridgehead atoms. The third-order valence-electron chi connectivity index (χ3n) is 5.02. The molecule has 0 unspecified atom stereocenters. The number of amides is 2. The van der Waals surface area contributed by atoms with Gasteiger partial charge in [-0.1, -0.05) is 0 Å². The molecule has 10 heteroatoms. The number of imidazole rings is 1. The lowest BCUT2D eigenvalue weighted by atomic mass is 10.1. The summed E-state index contributed by atoms with van der Waals surface area (Å²) in [5, 5.41) is 14.3. The summed E-state index contributed by atoms with van der Waals surface area (Å²) in [5.74, 6) is 0.00482. The first-order chi connectivity index (χ1) is 15.0. The van der Waals surface area contributed by atoms with Crippen molar-refractivity contribution in [2.24, 2.45) is 0 Å². The molecule has 4 rings (SSSR count). The zero-order valence-electron chi connectivity index (χ0n) is 16.6. The number of nitrogens with zero attached hydrogens (tertiary/aromatic N) is 4. The van der Waals surface area contributed by atoms with Gasteiger partial charge in [0.1, 0.15) is 11.4 Å². The number of hydrogen-bond donors (Lipinski definition) is 1. The summed E-state index contributed by atoms with van der Waals surface area (Å²) < 4.78 is 6.85. The van der Waals surface area contributed by atoms with Gasteiger partial charge in [-0.3, -0.25) is 19.7 Å². The van der Waals surface area contributed by atoms with Gasteiger partial charge in [0.05, 0.1) is 24.0 Å². The quantitative estimate of drug-likeness (QED) is 0.482. The van der Waals surface area contributed by atoms with Crippen molar-refractivity contribution in [3.8, 4) is 11.4 Å². The average molecular weight is 421 g/mol. The fourth-order valence-corrected chi connectivity index (χ4v) is 3.52. The predicted molar refractivity (Wildman–Crippen MR) is 113 cm³/mol. The number of nitrogens with one attached hydrogen (secondary N) is 1. The maximum absolute atomic E-state index is 12.8. The summed E-state index contributed by atoms with van der Waals surface area (Å²) in [5.41, 5.74) is 1.23. The zero-order chi connectivity index (χ0) is 22.0. The van der Waals surface area contributed by atoms with E-state index in [1.165, 1.54) is 42.4 Å². The van der Waals surface area contributed by atoms with Crippen LogP contribution in [0.25, 0.3) is 5.69 Å². The molecule has 2 amide bonds. The molecule has 2 aromatic carbocycles. The summed E-state index contributed by atoms with van der Waals surface area (Å²) >= 11 is 0. The number of methoxy groups -OCH3 is 1. The Balaban J connectivity index is 1.62. The number of anilines is 2. The third-order valence-corrected chi connectivity index (χ3v) is 5.02. The van der Waals surface area contributed by atoms with Crippen molar-refractivity contribution in [1.29, 1.82) is 0 Å². The molecule has 2 heterocycles. The molecule has 0 spiro atoms. The number of rotatable bonds is 6. The maximum atomic E-state index is 12.8. The minimum atomic E-state index is -0.545. The first-order valence-electron chi connectivity index (χ1n) is 9.54. The molecule has 0 radical (unpaired) electrons. The zero-order valence-corrected chi connectivity index (χ0v) is 16.6. The number of nitro groups is 1. The highest BCUT2D eigenvalue weighted by Crippen LogP contribution is 2.34. The summed E-state index contributed by atoms with van der Waals surface area (Å²) in [6.45, 7) is 0.578. The Morgan fingerprint density at radius 3 is 2.71 bits per heavy atom. The largest absolute Gasteiger partial charge is 0.495 e. The first-order valence-corrected chi connectivity index (χ1v) is 9.54. The van der Waals surface area contributed by atoms with E-state index in [1.54, 1.807) is 29.3 Å². The fraction of sp³-hybridized carbons (Fsp3) is 0.190. The number of hydrogen-bond acceptors (Lipinski definition) is 6. The Bertz CT molecular complexity index is 1160. The molecule has 0 saturated carbocycles. The molecule has 10 nitrogen and oxygen atoms in total. The molecule has 3 aromatic rings. The first kappa shape index (κ1) is 20.1. The van der Waals surface area contributed by atoms with Crippen LogP contribution in [0.2, 0.25) is 0 Å². The van der Waals surface area contributed by atoms with Crippen LogP contribution in [0.3, 0.4) is 0 Å². The second-order valence-electron chi connectivity index (χ2n) is 6.92. The van der Waals surface area contributed by atoms with Gasteiger partial charge in [-0.2, -0.15) is 0 Å². The molecule has 31 heavy (non-hydrogen) atoms. The van der Waals surface area contributed by atoms with Crippen molar-refractivity contribution in [3.63, 3.8) is 0 Å². The minimum Gasteiger partial charge on any atom is -0.495 e. The van der Waals surface area contributed by atoms with Crippen molar-refractivity contribution in [3.05, 3.63) is 70.8 Å². The normalized spacial score (nSPS) is 13.3. The SMILES string of the molecule is COc1ccc(NC(=O)c2ccc(-n3ccnc3)c([N+](=O)[O-])c2)cc1N1CCCC1=O. The van der Waals surface area contributed by atoms with Gasteiger partial charge in [0.25, 0.3) is 11.6 Å². The highest BCUT2D eigenvalue weighted by molar-refractivity contribution is 6.05. The van der Waals surface area contributed by atoms with E-state index in [0.29, 0.717) is 35.8 Å². The van der Waals surface area contributed by atoms with Crippen LogP contribution in [0.1, 0.15) is 23.2 Å². The van der Waals surface area contributed by atoms with E-state index in [9.17, 15) is 19.7 Å². The fourth-order valence-electron chi connectivity index (χ4n) is 3.52. The van der Waals surface area contributed by atoms with Crippen LogP contribution >= 0.6 is 0 Å². The molecule has 0 atom stereocenters. The molecule has 1 aliphatic rings. The number of carbonyl (C=O) groups is 2. The Kier molecular flexibility index (Phi) is 5.35. The van der Waals surface area contributed by atoms with Gasteiger partial charge in [0.15, 0.2) is 0 Å². The van der Waals surface area contributed by atoms with E-state index < -0.39 is 10.8 Å². The van der Waals surface area contributed by atoms with E-state index in [2.05, 4.69) is 10.3 Å². The molecule has 158 valence electrons. The van der Waals surface area contributed by atoms with Crippen LogP contribution in [-0.2, 0) is 4.79 Å². The molecule has 1 aromatic heterocycles. The predicted octanol–water partition coefficient (Wildman–Crippen LogP) is 3.17. The van der Waals surface area contributed by atoms with E-state index in [-0.39, 0.29) is 17.2 Å². The Labute approximate surface area is 177 Å². The second kappa shape index (κ2) is 8.27. The Hall–Kier alpha value is -4.21. The molecular formula is C21H19N5O5. The van der Waals surface area contributed by atoms with E-state index in [4.69, 9.17) is 4.74 Å². The van der Waals surface area contributed by atoms with E-state index >= 15 is 0 Å². The lowest BCUT2D eigenvalue weighted by Gasteiger charge is -2.20. The molecule has 1 aliphatic heterocycles. The van der Waals surface area contributed by atoms with Crippen molar-refractivity contribution < 1.29 is 19.2 Å². The van der Waals surface area contributed by atoms with Gasteiger partial charge in [-0.25, -0.2) is 4.98 Å². The number of ether oxygens (including phenoxy) is 1. The van der Waals surface area contributed by atoms with Gasteiger partial charge in [-0.15, -0.1) is 0 Å². The van der Waals surface area contributed by atoms with Gasteiger partial charge in [0, 0.05) is 42.7 Å². The number of carbonyl (C=O) groups excluding carboxylic acids is 2. The smallest absolute Gasteiger partial charge is 0.294 e. The summed E-state index contributed by atoms with van der Waals surface area (Å²) in [7, 11) is 1.51. The maximum Gasteiger partial charge on any atom is 0.294 e.